The maximum Gasteiger partial charge on any atom is 0.303 e. The van der Waals surface area contributed by atoms with Crippen LogP contribution >= 0.6 is 0 Å². The summed E-state index contributed by atoms with van der Waals surface area (Å²) in [5.41, 5.74) is 0.269. The normalized spacial score (nSPS) is 19.6. The summed E-state index contributed by atoms with van der Waals surface area (Å²) in [5.74, 6) is -0.556. The van der Waals surface area contributed by atoms with E-state index in [1.807, 2.05) is 19.9 Å². The molecule has 0 aliphatic heterocycles. The fourth-order valence-corrected chi connectivity index (χ4v) is 2.98. The second kappa shape index (κ2) is 15.5. The van der Waals surface area contributed by atoms with Crippen LogP contribution in [0, 0.1) is 0 Å². The zero-order chi connectivity index (χ0) is 25.8. The molecule has 7 N–H and O–H groups in total. The molecule has 0 rings (SSSR count). The van der Waals surface area contributed by atoms with Crippen LogP contribution in [0.15, 0.2) is 23.3 Å². The molecule has 0 bridgehead atoms. The lowest BCUT2D eigenvalue weighted by molar-refractivity contribution is -0.148. The Morgan fingerprint density at radius 1 is 0.970 bits per heavy atom. The van der Waals surface area contributed by atoms with Gasteiger partial charge in [-0.05, 0) is 46.1 Å². The van der Waals surface area contributed by atoms with Gasteiger partial charge >= 0.3 is 5.97 Å². The van der Waals surface area contributed by atoms with Crippen LogP contribution in [-0.4, -0.2) is 104 Å². The minimum atomic E-state index is -1.75. The molecule has 0 aliphatic rings. The molecule has 0 aromatic rings. The number of rotatable bonds is 16. The van der Waals surface area contributed by atoms with Crippen LogP contribution in [0.2, 0.25) is 0 Å². The monoisotopic (exact) mass is 478 g/mol. The van der Waals surface area contributed by atoms with E-state index >= 15 is 0 Å². The molecule has 0 spiro atoms. The van der Waals surface area contributed by atoms with Crippen molar-refractivity contribution >= 4 is 5.97 Å². The summed E-state index contributed by atoms with van der Waals surface area (Å²) in [5, 5.41) is 68.5. The summed E-state index contributed by atoms with van der Waals surface area (Å²) in [6.07, 6.45) is -4.15. The quantitative estimate of drug-likeness (QED) is 0.0874. The molecule has 10 nitrogen and oxygen atoms in total. The maximum atomic E-state index is 11.5. The van der Waals surface area contributed by atoms with Gasteiger partial charge in [0.05, 0.1) is 31.5 Å². The summed E-state index contributed by atoms with van der Waals surface area (Å²) in [4.78, 5) is 11.5. The van der Waals surface area contributed by atoms with E-state index in [9.17, 15) is 35.4 Å². The first-order valence-electron chi connectivity index (χ1n) is 11.0. The first-order chi connectivity index (χ1) is 15.2. The van der Waals surface area contributed by atoms with E-state index in [1.165, 1.54) is 13.8 Å². The third kappa shape index (κ3) is 12.6. The maximum absolute atomic E-state index is 11.5. The molecule has 0 radical (unpaired) electrons. The minimum absolute atomic E-state index is 0.0314. The van der Waals surface area contributed by atoms with Crippen molar-refractivity contribution < 1.29 is 50.0 Å². The second-order valence-corrected chi connectivity index (χ2v) is 8.81. The average Bonchev–Trinajstić information content (AvgIpc) is 2.73. The molecule has 0 aromatic carbocycles. The number of esters is 1. The summed E-state index contributed by atoms with van der Waals surface area (Å²) in [7, 11) is 0. The molecule has 194 valence electrons. The Labute approximate surface area is 195 Å². The zero-order valence-corrected chi connectivity index (χ0v) is 20.2. The van der Waals surface area contributed by atoms with Crippen LogP contribution in [0.5, 0.6) is 0 Å². The van der Waals surface area contributed by atoms with E-state index in [0.29, 0.717) is 18.4 Å². The lowest BCUT2D eigenvalue weighted by atomic mass is 9.88. The highest BCUT2D eigenvalue weighted by molar-refractivity contribution is 5.66. The van der Waals surface area contributed by atoms with Gasteiger partial charge in [-0.15, -0.1) is 0 Å². The molecule has 0 saturated heterocycles. The molecular formula is C23H42O10. The van der Waals surface area contributed by atoms with Crippen LogP contribution in [0.3, 0.4) is 0 Å². The molecule has 10 heteroatoms. The number of ether oxygens (including phenoxy) is 2. The Hall–Kier alpha value is -1.37. The van der Waals surface area contributed by atoms with Gasteiger partial charge in [0, 0.05) is 13.3 Å². The number of aliphatic hydroxyl groups is 7. The van der Waals surface area contributed by atoms with E-state index in [4.69, 9.17) is 14.6 Å². The third-order valence-electron chi connectivity index (χ3n) is 5.31. The Bertz CT molecular complexity index is 627. The van der Waals surface area contributed by atoms with Crippen LogP contribution < -0.4 is 0 Å². The molecule has 0 amide bonds. The van der Waals surface area contributed by atoms with Gasteiger partial charge in [-0.3, -0.25) is 4.79 Å². The van der Waals surface area contributed by atoms with Crippen molar-refractivity contribution in [3.8, 4) is 0 Å². The molecule has 0 aromatic heterocycles. The van der Waals surface area contributed by atoms with Crippen LogP contribution in [0.1, 0.15) is 53.9 Å². The highest BCUT2D eigenvalue weighted by Gasteiger charge is 2.33. The third-order valence-corrected chi connectivity index (χ3v) is 5.31. The SMILES string of the molecule is CC(=O)O[C@@H](C[C@@H](O)[C@@](C)(O)CCC=C(C)C)/C(C)=C/COC[C@H](O)[C@H](O)[C@H](O)[C@H](O)CO. The molecule has 0 aliphatic carbocycles. The lowest BCUT2D eigenvalue weighted by Gasteiger charge is -2.31. The number of carbonyl (C=O) groups excluding carboxylic acids is 1. The molecule has 0 saturated carbocycles. The molecule has 0 fully saturated rings. The van der Waals surface area contributed by atoms with Gasteiger partial charge in [-0.2, -0.15) is 0 Å². The predicted octanol–water partition coefficient (Wildman–Crippen LogP) is -0.435. The predicted molar refractivity (Wildman–Crippen MR) is 121 cm³/mol. The Kier molecular flexibility index (Phi) is 14.9. The van der Waals surface area contributed by atoms with Gasteiger partial charge in [0.2, 0.25) is 0 Å². The van der Waals surface area contributed by atoms with E-state index < -0.39 is 54.8 Å². The van der Waals surface area contributed by atoms with Gasteiger partial charge in [-0.25, -0.2) is 0 Å². The Morgan fingerprint density at radius 3 is 2.06 bits per heavy atom. The average molecular weight is 479 g/mol. The van der Waals surface area contributed by atoms with Gasteiger partial charge in [-0.1, -0.05) is 17.7 Å². The zero-order valence-electron chi connectivity index (χ0n) is 20.2. The van der Waals surface area contributed by atoms with E-state index in [-0.39, 0.29) is 19.6 Å². The number of hydrogen-bond acceptors (Lipinski definition) is 10. The summed E-state index contributed by atoms with van der Waals surface area (Å²) >= 11 is 0. The van der Waals surface area contributed by atoms with E-state index in [1.54, 1.807) is 13.0 Å². The standard InChI is InChI=1S/C23H42O10/c1-14(2)7-6-9-23(5,31)20(28)11-19(33-16(4)25)15(3)8-10-32-13-18(27)22(30)21(29)17(26)12-24/h7-8,17-22,24,26-31H,6,9-13H2,1-5H3/b15-8+/t17-,18+,19+,20-,21-,22+,23+/m1/s1. The summed E-state index contributed by atoms with van der Waals surface area (Å²) < 4.78 is 10.5. The molecule has 0 heterocycles. The minimum Gasteiger partial charge on any atom is -0.458 e. The second-order valence-electron chi connectivity index (χ2n) is 8.81. The van der Waals surface area contributed by atoms with Crippen molar-refractivity contribution in [2.45, 2.75) is 96.1 Å². The Balaban J connectivity index is 4.93. The highest BCUT2D eigenvalue weighted by atomic mass is 16.5. The van der Waals surface area contributed by atoms with Crippen LogP contribution in [-0.2, 0) is 14.3 Å². The van der Waals surface area contributed by atoms with E-state index in [0.717, 1.165) is 5.57 Å². The van der Waals surface area contributed by atoms with Crippen LogP contribution in [0.25, 0.3) is 0 Å². The van der Waals surface area contributed by atoms with Crippen molar-refractivity contribution in [3.63, 3.8) is 0 Å². The van der Waals surface area contributed by atoms with Gasteiger partial charge in [0.1, 0.15) is 30.5 Å². The fraction of sp³-hybridized carbons (Fsp3) is 0.783. The van der Waals surface area contributed by atoms with Gasteiger partial charge < -0.3 is 45.2 Å². The molecule has 33 heavy (non-hydrogen) atoms. The number of aliphatic hydroxyl groups excluding tert-OH is 6. The lowest BCUT2D eigenvalue weighted by Crippen LogP contribution is -2.47. The van der Waals surface area contributed by atoms with Gasteiger partial charge in [0.25, 0.3) is 0 Å². The largest absolute Gasteiger partial charge is 0.458 e. The molecule has 7 atom stereocenters. The van der Waals surface area contributed by atoms with Crippen molar-refractivity contribution in [2.24, 2.45) is 0 Å². The van der Waals surface area contributed by atoms with Crippen molar-refractivity contribution in [1.82, 2.24) is 0 Å². The fourth-order valence-electron chi connectivity index (χ4n) is 2.98. The molecule has 0 unspecified atom stereocenters. The number of carbonyl (C=O) groups is 1. The van der Waals surface area contributed by atoms with Crippen molar-refractivity contribution in [1.29, 1.82) is 0 Å². The number of hydrogen-bond donors (Lipinski definition) is 7. The van der Waals surface area contributed by atoms with Crippen molar-refractivity contribution in [2.75, 3.05) is 19.8 Å². The smallest absolute Gasteiger partial charge is 0.303 e. The first-order valence-corrected chi connectivity index (χ1v) is 11.0. The first kappa shape index (κ1) is 31.6. The summed E-state index contributed by atoms with van der Waals surface area (Å²) in [6.45, 7) is 7.11. The highest BCUT2D eigenvalue weighted by Crippen LogP contribution is 2.24. The number of allylic oxidation sites excluding steroid dienone is 2. The topological polar surface area (TPSA) is 177 Å². The summed E-state index contributed by atoms with van der Waals surface area (Å²) in [6, 6.07) is 0. The Morgan fingerprint density at radius 2 is 1.55 bits per heavy atom. The van der Waals surface area contributed by atoms with Crippen LogP contribution in [0.4, 0.5) is 0 Å². The molecular weight excluding hydrogens is 436 g/mol. The van der Waals surface area contributed by atoms with Gasteiger partial charge in [0.15, 0.2) is 0 Å². The van der Waals surface area contributed by atoms with Crippen molar-refractivity contribution in [3.05, 3.63) is 23.3 Å². The van der Waals surface area contributed by atoms with E-state index in [2.05, 4.69) is 0 Å².